The molecule has 1 heterocycles. The molecule has 0 unspecified atom stereocenters. The molecular formula is C14H15N3O2. The Bertz CT molecular complexity index is 584. The van der Waals surface area contributed by atoms with E-state index in [-0.39, 0.29) is 5.56 Å². The molecule has 98 valence electrons. The van der Waals surface area contributed by atoms with Gasteiger partial charge in [-0.2, -0.15) is 0 Å². The second-order valence-corrected chi connectivity index (χ2v) is 4.32. The van der Waals surface area contributed by atoms with Gasteiger partial charge in [0.05, 0.1) is 11.3 Å². The van der Waals surface area contributed by atoms with Crippen molar-refractivity contribution in [1.29, 1.82) is 0 Å². The molecule has 1 N–H and O–H groups in total. The lowest BCUT2D eigenvalue weighted by atomic mass is 10.2. The maximum atomic E-state index is 10.9. The minimum absolute atomic E-state index is 0.136. The van der Waals surface area contributed by atoms with Crippen LogP contribution in [0.1, 0.15) is 21.6 Å². The third-order valence-electron chi connectivity index (χ3n) is 2.80. The molecule has 0 spiro atoms. The van der Waals surface area contributed by atoms with Crippen LogP contribution in [-0.4, -0.2) is 28.1 Å². The van der Waals surface area contributed by atoms with E-state index < -0.39 is 5.97 Å². The van der Waals surface area contributed by atoms with Gasteiger partial charge in [-0.05, 0) is 12.5 Å². The summed E-state index contributed by atoms with van der Waals surface area (Å²) in [6.07, 6.45) is 1.35. The first-order chi connectivity index (χ1) is 9.08. The summed E-state index contributed by atoms with van der Waals surface area (Å²) in [5, 5.41) is 8.94. The van der Waals surface area contributed by atoms with Gasteiger partial charge < -0.3 is 10.0 Å². The quantitative estimate of drug-likeness (QED) is 0.908. The zero-order valence-corrected chi connectivity index (χ0v) is 10.9. The Hall–Kier alpha value is -2.43. The predicted molar refractivity (Wildman–Crippen MR) is 72.3 cm³/mol. The zero-order valence-electron chi connectivity index (χ0n) is 10.9. The van der Waals surface area contributed by atoms with Crippen molar-refractivity contribution in [2.45, 2.75) is 13.5 Å². The standard InChI is InChI=1S/C14H15N3O2/c1-10-12(13(18)19)8-15-14(16-10)17(2)9-11-6-4-3-5-7-11/h3-8H,9H2,1-2H3,(H,18,19). The lowest BCUT2D eigenvalue weighted by Gasteiger charge is -2.17. The highest BCUT2D eigenvalue weighted by atomic mass is 16.4. The Kier molecular flexibility index (Phi) is 3.75. The number of rotatable bonds is 4. The van der Waals surface area contributed by atoms with E-state index in [9.17, 15) is 4.79 Å². The summed E-state index contributed by atoms with van der Waals surface area (Å²) in [4.78, 5) is 21.1. The van der Waals surface area contributed by atoms with E-state index in [4.69, 9.17) is 5.11 Å². The molecule has 1 aromatic carbocycles. The van der Waals surface area contributed by atoms with E-state index in [0.29, 0.717) is 18.2 Å². The number of benzene rings is 1. The van der Waals surface area contributed by atoms with Gasteiger partial charge in [-0.25, -0.2) is 14.8 Å². The van der Waals surface area contributed by atoms with E-state index in [1.54, 1.807) is 6.92 Å². The second kappa shape index (κ2) is 5.48. The SMILES string of the molecule is Cc1nc(N(C)Cc2ccccc2)ncc1C(=O)O. The molecule has 2 rings (SSSR count). The number of hydrogen-bond acceptors (Lipinski definition) is 4. The maximum absolute atomic E-state index is 10.9. The Morgan fingerprint density at radius 3 is 2.58 bits per heavy atom. The van der Waals surface area contributed by atoms with Gasteiger partial charge >= 0.3 is 5.97 Å². The first-order valence-electron chi connectivity index (χ1n) is 5.90. The van der Waals surface area contributed by atoms with Crippen molar-refractivity contribution in [3.05, 3.63) is 53.3 Å². The smallest absolute Gasteiger partial charge is 0.339 e. The van der Waals surface area contributed by atoms with Gasteiger partial charge in [-0.1, -0.05) is 30.3 Å². The molecule has 0 fully saturated rings. The Morgan fingerprint density at radius 1 is 1.32 bits per heavy atom. The van der Waals surface area contributed by atoms with Gasteiger partial charge in [-0.3, -0.25) is 0 Å². The molecule has 0 aliphatic rings. The van der Waals surface area contributed by atoms with Gasteiger partial charge in [0, 0.05) is 19.8 Å². The minimum Gasteiger partial charge on any atom is -0.478 e. The number of nitrogens with zero attached hydrogens (tertiary/aromatic N) is 3. The highest BCUT2D eigenvalue weighted by Crippen LogP contribution is 2.12. The average Bonchev–Trinajstić information content (AvgIpc) is 2.39. The Morgan fingerprint density at radius 2 is 2.00 bits per heavy atom. The molecule has 0 aliphatic heterocycles. The molecular weight excluding hydrogens is 242 g/mol. The normalized spacial score (nSPS) is 10.2. The number of aryl methyl sites for hydroxylation is 1. The van der Waals surface area contributed by atoms with Crippen LogP contribution in [0.15, 0.2) is 36.5 Å². The van der Waals surface area contributed by atoms with Crippen molar-refractivity contribution >= 4 is 11.9 Å². The largest absolute Gasteiger partial charge is 0.478 e. The molecule has 19 heavy (non-hydrogen) atoms. The highest BCUT2D eigenvalue weighted by Gasteiger charge is 2.12. The van der Waals surface area contributed by atoms with Crippen LogP contribution < -0.4 is 4.90 Å². The molecule has 0 saturated heterocycles. The lowest BCUT2D eigenvalue weighted by molar-refractivity contribution is 0.0695. The number of carbonyl (C=O) groups is 1. The molecule has 0 radical (unpaired) electrons. The summed E-state index contributed by atoms with van der Waals surface area (Å²) in [5.41, 5.74) is 1.75. The van der Waals surface area contributed by atoms with E-state index in [0.717, 1.165) is 5.56 Å². The zero-order chi connectivity index (χ0) is 13.8. The molecule has 0 atom stereocenters. The number of aromatic carboxylic acids is 1. The van der Waals surface area contributed by atoms with Crippen LogP contribution in [0, 0.1) is 6.92 Å². The van der Waals surface area contributed by atoms with Crippen molar-refractivity contribution < 1.29 is 9.90 Å². The number of anilines is 1. The van der Waals surface area contributed by atoms with Crippen LogP contribution in [0.5, 0.6) is 0 Å². The molecule has 2 aromatic rings. The summed E-state index contributed by atoms with van der Waals surface area (Å²) >= 11 is 0. The van der Waals surface area contributed by atoms with Gasteiger partial charge in [0.1, 0.15) is 0 Å². The van der Waals surface area contributed by atoms with Crippen molar-refractivity contribution in [2.24, 2.45) is 0 Å². The van der Waals surface area contributed by atoms with Crippen LogP contribution in [0.2, 0.25) is 0 Å². The molecule has 1 aromatic heterocycles. The Balaban J connectivity index is 2.18. The van der Waals surface area contributed by atoms with Crippen molar-refractivity contribution in [3.63, 3.8) is 0 Å². The maximum Gasteiger partial charge on any atom is 0.339 e. The van der Waals surface area contributed by atoms with E-state index in [1.165, 1.54) is 6.20 Å². The highest BCUT2D eigenvalue weighted by molar-refractivity contribution is 5.88. The Labute approximate surface area is 111 Å². The van der Waals surface area contributed by atoms with Crippen LogP contribution in [-0.2, 0) is 6.54 Å². The second-order valence-electron chi connectivity index (χ2n) is 4.32. The number of aromatic nitrogens is 2. The molecule has 0 aliphatic carbocycles. The topological polar surface area (TPSA) is 66.3 Å². The van der Waals surface area contributed by atoms with Crippen LogP contribution in [0.3, 0.4) is 0 Å². The molecule has 0 saturated carbocycles. The van der Waals surface area contributed by atoms with Gasteiger partial charge in [-0.15, -0.1) is 0 Å². The fourth-order valence-electron chi connectivity index (χ4n) is 1.78. The number of carboxylic acid groups (broad SMARTS) is 1. The predicted octanol–water partition coefficient (Wildman–Crippen LogP) is 2.12. The average molecular weight is 257 g/mol. The van der Waals surface area contributed by atoms with Crippen LogP contribution in [0.25, 0.3) is 0 Å². The third kappa shape index (κ3) is 3.07. The number of hydrogen-bond donors (Lipinski definition) is 1. The molecule has 5 nitrogen and oxygen atoms in total. The lowest BCUT2D eigenvalue weighted by Crippen LogP contribution is -2.20. The fraction of sp³-hybridized carbons (Fsp3) is 0.214. The van der Waals surface area contributed by atoms with Gasteiger partial charge in [0.15, 0.2) is 0 Å². The molecule has 5 heteroatoms. The summed E-state index contributed by atoms with van der Waals surface area (Å²) in [5.74, 6) is -0.485. The first kappa shape index (κ1) is 13.0. The minimum atomic E-state index is -1.00. The molecule has 0 bridgehead atoms. The summed E-state index contributed by atoms with van der Waals surface area (Å²) in [7, 11) is 1.88. The van der Waals surface area contributed by atoms with Gasteiger partial charge in [0.25, 0.3) is 0 Å². The summed E-state index contributed by atoms with van der Waals surface area (Å²) in [6.45, 7) is 2.34. The van der Waals surface area contributed by atoms with E-state index in [2.05, 4.69) is 9.97 Å². The monoisotopic (exact) mass is 257 g/mol. The summed E-state index contributed by atoms with van der Waals surface area (Å²) in [6, 6.07) is 9.96. The number of carboxylic acids is 1. The van der Waals surface area contributed by atoms with E-state index >= 15 is 0 Å². The van der Waals surface area contributed by atoms with Crippen molar-refractivity contribution in [1.82, 2.24) is 9.97 Å². The van der Waals surface area contributed by atoms with Crippen molar-refractivity contribution in [2.75, 3.05) is 11.9 Å². The first-order valence-corrected chi connectivity index (χ1v) is 5.90. The third-order valence-corrected chi connectivity index (χ3v) is 2.80. The van der Waals surface area contributed by atoms with Gasteiger partial charge in [0.2, 0.25) is 5.95 Å². The fourth-order valence-corrected chi connectivity index (χ4v) is 1.78. The van der Waals surface area contributed by atoms with Crippen LogP contribution in [0.4, 0.5) is 5.95 Å². The van der Waals surface area contributed by atoms with Crippen LogP contribution >= 0.6 is 0 Å². The molecule has 0 amide bonds. The van der Waals surface area contributed by atoms with E-state index in [1.807, 2.05) is 42.3 Å². The van der Waals surface area contributed by atoms with Crippen molar-refractivity contribution in [3.8, 4) is 0 Å². The summed E-state index contributed by atoms with van der Waals surface area (Å²) < 4.78 is 0.